The number of hydrogen-bond donors (Lipinski definition) is 0. The highest BCUT2D eigenvalue weighted by Gasteiger charge is 2.19. The highest BCUT2D eigenvalue weighted by atomic mass is 16.6. The van der Waals surface area contributed by atoms with E-state index >= 15 is 0 Å². The minimum Gasteiger partial charge on any atom is -0.379 e. The molecule has 0 aromatic heterocycles. The van der Waals surface area contributed by atoms with Crippen LogP contribution in [0.15, 0.2) is 0 Å². The summed E-state index contributed by atoms with van der Waals surface area (Å²) in [4.78, 5) is 2.54. The largest absolute Gasteiger partial charge is 0.379 e. The van der Waals surface area contributed by atoms with E-state index in [1.165, 1.54) is 6.54 Å². The Morgan fingerprint density at radius 2 is 0.721 bits per heavy atom. The maximum atomic E-state index is 5.95. The summed E-state index contributed by atoms with van der Waals surface area (Å²) in [6, 6.07) is 0. The number of ether oxygens (including phenoxy) is 11. The normalized spacial score (nSPS) is 14.8. The number of likely N-dealkylation sites (tertiary alicyclic amines) is 1. The molecule has 258 valence electrons. The van der Waals surface area contributed by atoms with E-state index in [-0.39, 0.29) is 0 Å². The average Bonchev–Trinajstić information content (AvgIpc) is 3.00. The molecule has 1 saturated heterocycles. The fourth-order valence-corrected chi connectivity index (χ4v) is 4.17. The first kappa shape index (κ1) is 40.5. The van der Waals surface area contributed by atoms with E-state index < -0.39 is 0 Å². The molecule has 0 atom stereocenters. The Morgan fingerprint density at radius 1 is 0.442 bits per heavy atom. The van der Waals surface area contributed by atoms with Crippen molar-refractivity contribution in [2.75, 3.05) is 158 Å². The second-order valence-corrected chi connectivity index (χ2v) is 10.5. The predicted molar refractivity (Wildman–Crippen MR) is 164 cm³/mol. The molecule has 1 aliphatic rings. The van der Waals surface area contributed by atoms with E-state index in [0.29, 0.717) is 145 Å². The van der Waals surface area contributed by atoms with Crippen LogP contribution in [0.2, 0.25) is 0 Å². The van der Waals surface area contributed by atoms with Crippen molar-refractivity contribution in [2.24, 2.45) is 5.92 Å². The highest BCUT2D eigenvalue weighted by molar-refractivity contribution is 4.73. The Kier molecular flexibility index (Phi) is 31.0. The van der Waals surface area contributed by atoms with E-state index in [2.05, 4.69) is 18.7 Å². The molecular formula is C31H63NO11. The first-order chi connectivity index (χ1) is 21.2. The molecule has 0 saturated carbocycles. The molecule has 0 spiro atoms. The molecule has 43 heavy (non-hydrogen) atoms. The standard InChI is InChI=1S/C31H63NO11/c1-4-33-9-10-34-11-12-35-13-14-36-15-16-37-17-18-38-19-20-39-21-22-40-23-24-41-25-26-42-27-28-43-31-5-7-32(8-6-31)29-30(2)3/h30-31H,4-29H2,1-3H3. The Hall–Kier alpha value is -0.480. The number of nitrogens with zero attached hydrogens (tertiary/aromatic N) is 1. The topological polar surface area (TPSA) is 105 Å². The third-order valence-corrected chi connectivity index (χ3v) is 6.29. The zero-order valence-corrected chi connectivity index (χ0v) is 27.5. The zero-order chi connectivity index (χ0) is 30.9. The van der Waals surface area contributed by atoms with Gasteiger partial charge in [-0.05, 0) is 25.7 Å². The van der Waals surface area contributed by atoms with Crippen LogP contribution in [-0.4, -0.2) is 169 Å². The second kappa shape index (κ2) is 32.9. The van der Waals surface area contributed by atoms with Gasteiger partial charge in [-0.1, -0.05) is 13.8 Å². The maximum Gasteiger partial charge on any atom is 0.0704 e. The van der Waals surface area contributed by atoms with Crippen molar-refractivity contribution in [1.82, 2.24) is 4.90 Å². The van der Waals surface area contributed by atoms with Crippen molar-refractivity contribution >= 4 is 0 Å². The lowest BCUT2D eigenvalue weighted by molar-refractivity contribution is -0.0384. The Labute approximate surface area is 261 Å². The summed E-state index contributed by atoms with van der Waals surface area (Å²) >= 11 is 0. The molecule has 0 radical (unpaired) electrons. The summed E-state index contributed by atoms with van der Waals surface area (Å²) in [5.41, 5.74) is 0. The fraction of sp³-hybridized carbons (Fsp3) is 1.00. The van der Waals surface area contributed by atoms with Crippen LogP contribution >= 0.6 is 0 Å². The summed E-state index contributed by atoms with van der Waals surface area (Å²) in [5.74, 6) is 0.727. The predicted octanol–water partition coefficient (Wildman–Crippen LogP) is 2.31. The third-order valence-electron chi connectivity index (χ3n) is 6.29. The molecule has 0 aliphatic carbocycles. The van der Waals surface area contributed by atoms with Gasteiger partial charge in [-0.25, -0.2) is 0 Å². The third kappa shape index (κ3) is 30.0. The molecule has 0 aromatic carbocycles. The van der Waals surface area contributed by atoms with Gasteiger partial charge in [-0.2, -0.15) is 0 Å². The summed E-state index contributed by atoms with van der Waals surface area (Å²) in [6.45, 7) is 21.8. The van der Waals surface area contributed by atoms with Gasteiger partial charge in [0.2, 0.25) is 0 Å². The van der Waals surface area contributed by atoms with Gasteiger partial charge in [-0.3, -0.25) is 0 Å². The van der Waals surface area contributed by atoms with Crippen molar-refractivity contribution in [2.45, 2.75) is 39.7 Å². The molecule has 1 rings (SSSR count). The first-order valence-electron chi connectivity index (χ1n) is 16.3. The lowest BCUT2D eigenvalue weighted by Crippen LogP contribution is -2.39. The molecule has 0 bridgehead atoms. The summed E-state index contributed by atoms with van der Waals surface area (Å²) in [7, 11) is 0. The van der Waals surface area contributed by atoms with Gasteiger partial charge in [-0.15, -0.1) is 0 Å². The Bertz CT molecular complexity index is 540. The van der Waals surface area contributed by atoms with Crippen molar-refractivity contribution < 1.29 is 52.1 Å². The van der Waals surface area contributed by atoms with Gasteiger partial charge < -0.3 is 57.0 Å². The zero-order valence-electron chi connectivity index (χ0n) is 27.5. The van der Waals surface area contributed by atoms with E-state index in [1.54, 1.807) is 0 Å². The van der Waals surface area contributed by atoms with Crippen LogP contribution in [0, 0.1) is 5.92 Å². The molecule has 0 amide bonds. The Balaban J connectivity index is 1.64. The van der Waals surface area contributed by atoms with E-state index in [1.807, 2.05) is 6.92 Å². The van der Waals surface area contributed by atoms with Crippen LogP contribution in [0.3, 0.4) is 0 Å². The lowest BCUT2D eigenvalue weighted by Gasteiger charge is -2.32. The maximum absolute atomic E-state index is 5.95. The first-order valence-corrected chi connectivity index (χ1v) is 16.3. The van der Waals surface area contributed by atoms with Gasteiger partial charge >= 0.3 is 0 Å². The van der Waals surface area contributed by atoms with Crippen LogP contribution in [0.4, 0.5) is 0 Å². The molecule has 12 nitrogen and oxygen atoms in total. The molecule has 0 unspecified atom stereocenters. The van der Waals surface area contributed by atoms with E-state index in [4.69, 9.17) is 52.1 Å². The van der Waals surface area contributed by atoms with Crippen LogP contribution in [0.1, 0.15) is 33.6 Å². The van der Waals surface area contributed by atoms with E-state index in [9.17, 15) is 0 Å². The number of piperidine rings is 1. The fourth-order valence-electron chi connectivity index (χ4n) is 4.17. The van der Waals surface area contributed by atoms with Crippen LogP contribution in [0.5, 0.6) is 0 Å². The molecule has 0 aromatic rings. The monoisotopic (exact) mass is 625 g/mol. The van der Waals surface area contributed by atoms with Crippen LogP contribution in [0.25, 0.3) is 0 Å². The quantitative estimate of drug-likeness (QED) is 0.0981. The highest BCUT2D eigenvalue weighted by Crippen LogP contribution is 2.14. The summed E-state index contributed by atoms with van der Waals surface area (Å²) in [5, 5.41) is 0. The number of rotatable bonds is 34. The SMILES string of the molecule is CCOCCOCCOCCOCCOCCOCCOCCOCCOCCOCCOC1CCN(CC(C)C)CC1. The van der Waals surface area contributed by atoms with Gasteiger partial charge in [0.1, 0.15) is 0 Å². The summed E-state index contributed by atoms with van der Waals surface area (Å²) in [6.07, 6.45) is 2.61. The Morgan fingerprint density at radius 3 is 1.00 bits per heavy atom. The van der Waals surface area contributed by atoms with Gasteiger partial charge in [0.25, 0.3) is 0 Å². The molecule has 1 aliphatic heterocycles. The molecule has 0 N–H and O–H groups in total. The van der Waals surface area contributed by atoms with Crippen molar-refractivity contribution in [3.63, 3.8) is 0 Å². The van der Waals surface area contributed by atoms with E-state index in [0.717, 1.165) is 31.8 Å². The molecular weight excluding hydrogens is 562 g/mol. The van der Waals surface area contributed by atoms with Gasteiger partial charge in [0, 0.05) is 26.2 Å². The van der Waals surface area contributed by atoms with Crippen LogP contribution in [-0.2, 0) is 52.1 Å². The average molecular weight is 626 g/mol. The molecule has 12 heteroatoms. The molecule has 1 heterocycles. The smallest absolute Gasteiger partial charge is 0.0704 e. The van der Waals surface area contributed by atoms with Crippen LogP contribution < -0.4 is 0 Å². The number of hydrogen-bond acceptors (Lipinski definition) is 12. The summed E-state index contributed by atoms with van der Waals surface area (Å²) < 4.78 is 60.5. The van der Waals surface area contributed by atoms with Gasteiger partial charge in [0.15, 0.2) is 0 Å². The van der Waals surface area contributed by atoms with Crippen molar-refractivity contribution in [3.05, 3.63) is 0 Å². The van der Waals surface area contributed by atoms with Gasteiger partial charge in [0.05, 0.1) is 138 Å². The minimum atomic E-state index is 0.373. The van der Waals surface area contributed by atoms with Crippen molar-refractivity contribution in [1.29, 1.82) is 0 Å². The second-order valence-electron chi connectivity index (χ2n) is 10.5. The van der Waals surface area contributed by atoms with Crippen molar-refractivity contribution in [3.8, 4) is 0 Å². The molecule has 1 fully saturated rings. The minimum absolute atomic E-state index is 0.373. The lowest BCUT2D eigenvalue weighted by atomic mass is 10.1.